The van der Waals surface area contributed by atoms with Crippen molar-refractivity contribution < 1.29 is 25.2 Å². The fourth-order valence-electron chi connectivity index (χ4n) is 2.14. The van der Waals surface area contributed by atoms with Gasteiger partial charge >= 0.3 is 0 Å². The zero-order valence-electron chi connectivity index (χ0n) is 12.1. The van der Waals surface area contributed by atoms with Gasteiger partial charge in [-0.2, -0.15) is 0 Å². The Balaban J connectivity index is 2.22. The largest absolute Gasteiger partial charge is 0.394 e. The zero-order chi connectivity index (χ0) is 16.4. The van der Waals surface area contributed by atoms with Gasteiger partial charge in [0.1, 0.15) is 30.2 Å². The Hall–Kier alpha value is -1.17. The molecule has 0 radical (unpaired) electrons. The average Bonchev–Trinajstić information content (AvgIpc) is 2.51. The average molecular weight is 333 g/mol. The molecule has 2 heterocycles. The van der Waals surface area contributed by atoms with Crippen molar-refractivity contribution in [1.82, 2.24) is 9.55 Å². The van der Waals surface area contributed by atoms with Crippen molar-refractivity contribution in [3.8, 4) is 0 Å². The lowest BCUT2D eigenvalue weighted by Gasteiger charge is -2.40. The second-order valence-corrected chi connectivity index (χ2v) is 5.69. The summed E-state index contributed by atoms with van der Waals surface area (Å²) in [6, 6.07) is 1.22. The Morgan fingerprint density at radius 3 is 2.64 bits per heavy atom. The van der Waals surface area contributed by atoms with Crippen LogP contribution in [0, 0.1) is 0 Å². The van der Waals surface area contributed by atoms with Crippen LogP contribution in [0.25, 0.3) is 0 Å². The monoisotopic (exact) mass is 333 g/mol. The summed E-state index contributed by atoms with van der Waals surface area (Å²) in [6.07, 6.45) is -4.75. The number of anilines is 1. The molecule has 0 spiro atoms. The minimum atomic E-state index is -1.49. The second kappa shape index (κ2) is 6.94. The van der Waals surface area contributed by atoms with E-state index >= 15 is 0 Å². The van der Waals surface area contributed by atoms with E-state index in [1.54, 1.807) is 13.3 Å². The number of hydrogen-bond donors (Lipinski definition) is 5. The SMILES string of the molecule is CSc1nc(NC2OC(CO)C(O)C(O)C2O)cc(=O)n1C. The summed E-state index contributed by atoms with van der Waals surface area (Å²) < 4.78 is 6.67. The highest BCUT2D eigenvalue weighted by atomic mass is 32.2. The normalized spacial score (nSPS) is 32.0. The van der Waals surface area contributed by atoms with E-state index in [-0.39, 0.29) is 11.4 Å². The molecule has 0 aliphatic carbocycles. The van der Waals surface area contributed by atoms with Gasteiger partial charge in [-0.15, -0.1) is 0 Å². The summed E-state index contributed by atoms with van der Waals surface area (Å²) in [6.45, 7) is -0.525. The lowest BCUT2D eigenvalue weighted by molar-refractivity contribution is -0.221. The van der Waals surface area contributed by atoms with Crippen LogP contribution in [0.3, 0.4) is 0 Å². The first-order chi connectivity index (χ1) is 10.4. The van der Waals surface area contributed by atoms with Crippen molar-refractivity contribution >= 4 is 17.6 Å². The molecule has 124 valence electrons. The van der Waals surface area contributed by atoms with Crippen molar-refractivity contribution in [3.63, 3.8) is 0 Å². The molecule has 0 bridgehead atoms. The second-order valence-electron chi connectivity index (χ2n) is 4.92. The highest BCUT2D eigenvalue weighted by molar-refractivity contribution is 7.98. The minimum absolute atomic E-state index is 0.164. The van der Waals surface area contributed by atoms with Gasteiger partial charge in [-0.05, 0) is 6.26 Å². The van der Waals surface area contributed by atoms with Crippen molar-refractivity contribution in [2.75, 3.05) is 18.2 Å². The highest BCUT2D eigenvalue weighted by Crippen LogP contribution is 2.22. The Morgan fingerprint density at radius 1 is 1.36 bits per heavy atom. The molecule has 22 heavy (non-hydrogen) atoms. The van der Waals surface area contributed by atoms with Crippen LogP contribution in [-0.4, -0.2) is 73.5 Å². The van der Waals surface area contributed by atoms with Crippen LogP contribution in [0.4, 0.5) is 5.82 Å². The van der Waals surface area contributed by atoms with E-state index in [2.05, 4.69) is 10.3 Å². The Bertz CT molecular complexity index is 580. The predicted molar refractivity (Wildman–Crippen MR) is 78.6 cm³/mol. The summed E-state index contributed by atoms with van der Waals surface area (Å²) in [5.41, 5.74) is -0.300. The molecule has 5 atom stereocenters. The van der Waals surface area contributed by atoms with Crippen molar-refractivity contribution in [2.45, 2.75) is 35.8 Å². The molecule has 0 saturated carbocycles. The van der Waals surface area contributed by atoms with Crippen LogP contribution < -0.4 is 10.9 Å². The summed E-state index contributed by atoms with van der Waals surface area (Å²) in [5.74, 6) is 0.164. The van der Waals surface area contributed by atoms with Gasteiger partial charge in [0.15, 0.2) is 11.4 Å². The van der Waals surface area contributed by atoms with E-state index in [1.807, 2.05) is 0 Å². The van der Waals surface area contributed by atoms with Crippen LogP contribution >= 0.6 is 11.8 Å². The van der Waals surface area contributed by atoms with Gasteiger partial charge in [0, 0.05) is 13.1 Å². The number of rotatable bonds is 4. The van der Waals surface area contributed by atoms with Gasteiger partial charge in [0.25, 0.3) is 5.56 Å². The molecular formula is C12H19N3O6S. The number of ether oxygens (including phenoxy) is 1. The summed E-state index contributed by atoms with van der Waals surface area (Å²) in [7, 11) is 1.58. The van der Waals surface area contributed by atoms with Crippen molar-refractivity contribution in [1.29, 1.82) is 0 Å². The number of aliphatic hydroxyl groups excluding tert-OH is 4. The number of hydrogen-bond acceptors (Lipinski definition) is 9. The maximum absolute atomic E-state index is 11.8. The minimum Gasteiger partial charge on any atom is -0.394 e. The molecule has 5 N–H and O–H groups in total. The maximum atomic E-state index is 11.8. The number of nitrogens with zero attached hydrogens (tertiary/aromatic N) is 2. The molecule has 0 aromatic carbocycles. The molecule has 1 aromatic heterocycles. The van der Waals surface area contributed by atoms with E-state index in [1.165, 1.54) is 22.4 Å². The topological polar surface area (TPSA) is 137 Å². The fraction of sp³-hybridized carbons (Fsp3) is 0.667. The maximum Gasteiger partial charge on any atom is 0.255 e. The Kier molecular flexibility index (Phi) is 5.42. The molecule has 5 unspecified atom stereocenters. The van der Waals surface area contributed by atoms with E-state index in [4.69, 9.17) is 9.84 Å². The molecule has 1 aliphatic rings. The first-order valence-electron chi connectivity index (χ1n) is 6.58. The molecule has 2 rings (SSSR count). The first-order valence-corrected chi connectivity index (χ1v) is 7.80. The number of aliphatic hydroxyl groups is 4. The van der Waals surface area contributed by atoms with E-state index in [0.717, 1.165) is 0 Å². The van der Waals surface area contributed by atoms with E-state index < -0.39 is 37.3 Å². The van der Waals surface area contributed by atoms with Crippen LogP contribution in [0.15, 0.2) is 16.0 Å². The quantitative estimate of drug-likeness (QED) is 0.305. The molecule has 10 heteroatoms. The lowest BCUT2D eigenvalue weighted by Crippen LogP contribution is -2.60. The van der Waals surface area contributed by atoms with Gasteiger partial charge in [-0.25, -0.2) is 4.98 Å². The Morgan fingerprint density at radius 2 is 2.05 bits per heavy atom. The predicted octanol–water partition coefficient (Wildman–Crippen LogP) is -2.29. The standard InChI is InChI=1S/C12H19N3O6S/c1-15-7(17)3-6(14-12(15)22-2)13-11-10(20)9(19)8(18)5(4-16)21-11/h3,5,8-11,13,16,18-20H,4H2,1-2H3. The van der Waals surface area contributed by atoms with Gasteiger partial charge in [-0.1, -0.05) is 11.8 Å². The Labute approximate surface area is 130 Å². The van der Waals surface area contributed by atoms with Gasteiger partial charge in [0.05, 0.1) is 6.61 Å². The van der Waals surface area contributed by atoms with Crippen LogP contribution in [0.1, 0.15) is 0 Å². The fourth-order valence-corrected chi connectivity index (χ4v) is 2.69. The lowest BCUT2D eigenvalue weighted by atomic mass is 9.98. The molecule has 0 amide bonds. The first kappa shape index (κ1) is 17.2. The summed E-state index contributed by atoms with van der Waals surface area (Å²) in [5, 5.41) is 41.7. The molecular weight excluding hydrogens is 314 g/mol. The number of nitrogens with one attached hydrogen (secondary N) is 1. The molecule has 1 aromatic rings. The third-order valence-corrected chi connectivity index (χ3v) is 4.19. The van der Waals surface area contributed by atoms with Gasteiger partial charge in [-0.3, -0.25) is 9.36 Å². The summed E-state index contributed by atoms with van der Waals surface area (Å²) >= 11 is 1.27. The van der Waals surface area contributed by atoms with Crippen LogP contribution in [0.5, 0.6) is 0 Å². The van der Waals surface area contributed by atoms with Gasteiger partial charge < -0.3 is 30.5 Å². The third kappa shape index (κ3) is 3.26. The zero-order valence-corrected chi connectivity index (χ0v) is 12.9. The summed E-state index contributed by atoms with van der Waals surface area (Å²) in [4.78, 5) is 16.0. The molecule has 1 aliphatic heterocycles. The molecule has 1 saturated heterocycles. The third-order valence-electron chi connectivity index (χ3n) is 3.46. The smallest absolute Gasteiger partial charge is 0.255 e. The number of thioether (sulfide) groups is 1. The molecule has 1 fully saturated rings. The van der Waals surface area contributed by atoms with Crippen molar-refractivity contribution in [3.05, 3.63) is 16.4 Å². The van der Waals surface area contributed by atoms with Crippen LogP contribution in [-0.2, 0) is 11.8 Å². The van der Waals surface area contributed by atoms with Gasteiger partial charge in [0.2, 0.25) is 0 Å². The van der Waals surface area contributed by atoms with E-state index in [0.29, 0.717) is 5.16 Å². The number of aromatic nitrogens is 2. The molecule has 9 nitrogen and oxygen atoms in total. The highest BCUT2D eigenvalue weighted by Gasteiger charge is 2.43. The van der Waals surface area contributed by atoms with Crippen LogP contribution in [0.2, 0.25) is 0 Å². The van der Waals surface area contributed by atoms with Crippen molar-refractivity contribution in [2.24, 2.45) is 7.05 Å². The van der Waals surface area contributed by atoms with E-state index in [9.17, 15) is 20.1 Å².